The molecule has 0 aliphatic carbocycles. The fourth-order valence-electron chi connectivity index (χ4n) is 1.74. The Kier molecular flexibility index (Phi) is 5.12. The lowest BCUT2D eigenvalue weighted by Crippen LogP contribution is -2.32. The molecular weight excluding hydrogens is 307 g/mol. The fraction of sp³-hybridized carbons (Fsp3) is 0.125. The van der Waals surface area contributed by atoms with E-state index in [2.05, 4.69) is 10.6 Å². The van der Waals surface area contributed by atoms with Crippen LogP contribution in [0.5, 0.6) is 0 Å². The van der Waals surface area contributed by atoms with E-state index in [1.807, 2.05) is 6.92 Å². The van der Waals surface area contributed by atoms with Crippen LogP contribution in [-0.4, -0.2) is 18.4 Å². The van der Waals surface area contributed by atoms with Gasteiger partial charge < -0.3 is 10.6 Å². The van der Waals surface area contributed by atoms with Gasteiger partial charge >= 0.3 is 0 Å². The molecule has 4 nitrogen and oxygen atoms in total. The minimum Gasteiger partial charge on any atom is -0.343 e. The summed E-state index contributed by atoms with van der Waals surface area (Å²) < 4.78 is 12.8. The van der Waals surface area contributed by atoms with Crippen molar-refractivity contribution in [1.29, 1.82) is 0 Å². The van der Waals surface area contributed by atoms with Crippen molar-refractivity contribution in [2.24, 2.45) is 0 Å². The number of nitrogens with one attached hydrogen (secondary N) is 2. The van der Waals surface area contributed by atoms with Crippen LogP contribution >= 0.6 is 11.6 Å². The Morgan fingerprint density at radius 2 is 1.82 bits per heavy atom. The predicted molar refractivity (Wildman–Crippen MR) is 83.6 cm³/mol. The molecule has 0 aliphatic rings. The zero-order valence-corrected chi connectivity index (χ0v) is 12.6. The van der Waals surface area contributed by atoms with E-state index in [1.165, 1.54) is 24.3 Å². The van der Waals surface area contributed by atoms with Crippen molar-refractivity contribution < 1.29 is 14.0 Å². The average molecular weight is 321 g/mol. The molecule has 0 heterocycles. The number of hydrogen-bond donors (Lipinski definition) is 2. The smallest absolute Gasteiger partial charge is 0.251 e. The summed E-state index contributed by atoms with van der Waals surface area (Å²) in [5.74, 6) is -1.25. The normalized spacial score (nSPS) is 10.1. The second-order valence-electron chi connectivity index (χ2n) is 4.70. The number of halogens is 2. The van der Waals surface area contributed by atoms with E-state index in [-0.39, 0.29) is 18.0 Å². The first kappa shape index (κ1) is 16.0. The van der Waals surface area contributed by atoms with Crippen molar-refractivity contribution >= 4 is 29.1 Å². The van der Waals surface area contributed by atoms with Crippen LogP contribution in [0.3, 0.4) is 0 Å². The first-order valence-corrected chi connectivity index (χ1v) is 6.93. The van der Waals surface area contributed by atoms with Gasteiger partial charge in [0.1, 0.15) is 5.82 Å². The summed E-state index contributed by atoms with van der Waals surface area (Å²) in [6, 6.07) is 10.2. The number of amides is 2. The molecule has 0 saturated carbocycles. The molecule has 0 unspecified atom stereocenters. The Hall–Kier alpha value is -2.40. The lowest BCUT2D eigenvalue weighted by Gasteiger charge is -2.08. The van der Waals surface area contributed by atoms with Gasteiger partial charge in [-0.25, -0.2) is 4.39 Å². The molecule has 0 aliphatic heterocycles. The van der Waals surface area contributed by atoms with Gasteiger partial charge in [-0.05, 0) is 48.9 Å². The zero-order chi connectivity index (χ0) is 16.1. The van der Waals surface area contributed by atoms with Crippen LogP contribution in [0.4, 0.5) is 10.1 Å². The molecule has 6 heteroatoms. The van der Waals surface area contributed by atoms with Gasteiger partial charge in [-0.1, -0.05) is 17.7 Å². The molecule has 22 heavy (non-hydrogen) atoms. The largest absolute Gasteiger partial charge is 0.343 e. The highest BCUT2D eigenvalue weighted by Crippen LogP contribution is 2.19. The molecule has 114 valence electrons. The maximum atomic E-state index is 12.8. The van der Waals surface area contributed by atoms with Crippen LogP contribution < -0.4 is 10.6 Å². The van der Waals surface area contributed by atoms with E-state index >= 15 is 0 Å². The second kappa shape index (κ2) is 7.04. The van der Waals surface area contributed by atoms with Gasteiger partial charge in [-0.2, -0.15) is 0 Å². The summed E-state index contributed by atoms with van der Waals surface area (Å²) >= 11 is 5.97. The average Bonchev–Trinajstić information content (AvgIpc) is 2.49. The van der Waals surface area contributed by atoms with Gasteiger partial charge in [0.05, 0.1) is 6.54 Å². The molecule has 2 aromatic rings. The van der Waals surface area contributed by atoms with E-state index in [0.29, 0.717) is 10.7 Å². The van der Waals surface area contributed by atoms with Gasteiger partial charge in [0.2, 0.25) is 5.91 Å². The Morgan fingerprint density at radius 3 is 2.45 bits per heavy atom. The number of benzene rings is 2. The van der Waals surface area contributed by atoms with Gasteiger partial charge in [0, 0.05) is 16.3 Å². The zero-order valence-electron chi connectivity index (χ0n) is 11.8. The van der Waals surface area contributed by atoms with Crippen molar-refractivity contribution in [3.63, 3.8) is 0 Å². The highest BCUT2D eigenvalue weighted by molar-refractivity contribution is 6.31. The molecule has 0 atom stereocenters. The van der Waals surface area contributed by atoms with Crippen LogP contribution in [0.1, 0.15) is 15.9 Å². The maximum Gasteiger partial charge on any atom is 0.251 e. The highest BCUT2D eigenvalue weighted by Gasteiger charge is 2.09. The number of aryl methyl sites for hydroxylation is 1. The van der Waals surface area contributed by atoms with Gasteiger partial charge in [-0.15, -0.1) is 0 Å². The van der Waals surface area contributed by atoms with E-state index in [4.69, 9.17) is 11.6 Å². The van der Waals surface area contributed by atoms with Crippen LogP contribution in [0, 0.1) is 12.7 Å². The van der Waals surface area contributed by atoms with Crippen LogP contribution in [0.2, 0.25) is 5.02 Å². The summed E-state index contributed by atoms with van der Waals surface area (Å²) in [5, 5.41) is 5.64. The predicted octanol–water partition coefficient (Wildman–Crippen LogP) is 3.16. The number of anilines is 1. The number of hydrogen-bond acceptors (Lipinski definition) is 2. The maximum absolute atomic E-state index is 12.8. The Labute approximate surface area is 132 Å². The quantitative estimate of drug-likeness (QED) is 0.909. The second-order valence-corrected chi connectivity index (χ2v) is 5.11. The lowest BCUT2D eigenvalue weighted by molar-refractivity contribution is -0.115. The van der Waals surface area contributed by atoms with Crippen molar-refractivity contribution in [3.8, 4) is 0 Å². The molecule has 2 amide bonds. The Morgan fingerprint density at radius 1 is 1.14 bits per heavy atom. The monoisotopic (exact) mass is 320 g/mol. The molecule has 2 rings (SSSR count). The third-order valence-electron chi connectivity index (χ3n) is 2.97. The number of carbonyl (C=O) groups excluding carboxylic acids is 2. The van der Waals surface area contributed by atoms with Gasteiger partial charge in [0.25, 0.3) is 5.91 Å². The summed E-state index contributed by atoms with van der Waals surface area (Å²) in [6.45, 7) is 1.67. The highest BCUT2D eigenvalue weighted by atomic mass is 35.5. The molecule has 0 aromatic heterocycles. The van der Waals surface area contributed by atoms with Crippen LogP contribution in [0.25, 0.3) is 0 Å². The number of rotatable bonds is 4. The molecule has 0 radical (unpaired) electrons. The first-order chi connectivity index (χ1) is 10.5. The van der Waals surface area contributed by atoms with Crippen molar-refractivity contribution in [3.05, 3.63) is 64.4 Å². The third-order valence-corrected chi connectivity index (χ3v) is 3.38. The SMILES string of the molecule is Cc1ccc(NC(=O)CNC(=O)c2ccc(F)cc2)cc1Cl. The molecule has 2 aromatic carbocycles. The molecule has 0 spiro atoms. The summed E-state index contributed by atoms with van der Waals surface area (Å²) in [6.07, 6.45) is 0. The van der Waals surface area contributed by atoms with E-state index in [1.54, 1.807) is 18.2 Å². The van der Waals surface area contributed by atoms with E-state index in [9.17, 15) is 14.0 Å². The topological polar surface area (TPSA) is 58.2 Å². The van der Waals surface area contributed by atoms with Crippen LogP contribution in [0.15, 0.2) is 42.5 Å². The Bertz CT molecular complexity index is 702. The van der Waals surface area contributed by atoms with Gasteiger partial charge in [-0.3, -0.25) is 9.59 Å². The van der Waals surface area contributed by atoms with Crippen molar-refractivity contribution in [2.45, 2.75) is 6.92 Å². The standard InChI is InChI=1S/C16H14ClFN2O2/c1-10-2-7-13(8-14(10)17)20-15(21)9-19-16(22)11-3-5-12(18)6-4-11/h2-8H,9H2,1H3,(H,19,22)(H,20,21). The van der Waals surface area contributed by atoms with Crippen molar-refractivity contribution in [1.82, 2.24) is 5.32 Å². The molecule has 0 saturated heterocycles. The summed E-state index contributed by atoms with van der Waals surface area (Å²) in [5.41, 5.74) is 1.74. The molecule has 2 N–H and O–H groups in total. The third kappa shape index (κ3) is 4.30. The number of carbonyl (C=O) groups is 2. The lowest BCUT2D eigenvalue weighted by atomic mass is 10.2. The minimum atomic E-state index is -0.447. The Balaban J connectivity index is 1.88. The van der Waals surface area contributed by atoms with E-state index in [0.717, 1.165) is 5.56 Å². The molecule has 0 bridgehead atoms. The molecular formula is C16H14ClFN2O2. The van der Waals surface area contributed by atoms with E-state index < -0.39 is 11.7 Å². The van der Waals surface area contributed by atoms with Crippen LogP contribution in [-0.2, 0) is 4.79 Å². The summed E-state index contributed by atoms with van der Waals surface area (Å²) in [4.78, 5) is 23.5. The first-order valence-electron chi connectivity index (χ1n) is 6.55. The summed E-state index contributed by atoms with van der Waals surface area (Å²) in [7, 11) is 0. The minimum absolute atomic E-state index is 0.193. The van der Waals surface area contributed by atoms with Crippen molar-refractivity contribution in [2.75, 3.05) is 11.9 Å². The van der Waals surface area contributed by atoms with Gasteiger partial charge in [0.15, 0.2) is 0 Å². The molecule has 0 fully saturated rings. The fourth-order valence-corrected chi connectivity index (χ4v) is 1.92.